The van der Waals surface area contributed by atoms with Crippen molar-refractivity contribution >= 4 is 11.6 Å². The second-order valence-electron chi connectivity index (χ2n) is 3.56. The van der Waals surface area contributed by atoms with Crippen molar-refractivity contribution < 1.29 is 17.7 Å². The third-order valence-electron chi connectivity index (χ3n) is 2.23. The summed E-state index contributed by atoms with van der Waals surface area (Å²) in [6.07, 6.45) is 1.12. The lowest BCUT2D eigenvalue weighted by molar-refractivity contribution is 0.378. The van der Waals surface area contributed by atoms with Crippen molar-refractivity contribution in [3.05, 3.63) is 35.5 Å². The van der Waals surface area contributed by atoms with Crippen LogP contribution in [-0.4, -0.2) is 16.0 Å². The molecule has 0 aliphatic carbocycles. The number of hydrogen-bond acceptors (Lipinski definition) is 3. The molecule has 0 saturated heterocycles. The summed E-state index contributed by atoms with van der Waals surface area (Å²) in [6, 6.07) is 1.63. The molecule has 0 bridgehead atoms. The molecule has 18 heavy (non-hydrogen) atoms. The molecule has 2 aromatic rings. The number of nitrogens with zero attached hydrogens (tertiary/aromatic N) is 2. The summed E-state index contributed by atoms with van der Waals surface area (Å²) in [7, 11) is 0. The van der Waals surface area contributed by atoms with E-state index < -0.39 is 17.5 Å². The van der Waals surface area contributed by atoms with E-state index in [2.05, 4.69) is 10.1 Å². The zero-order chi connectivity index (χ0) is 13.1. The average Bonchev–Trinajstić information content (AvgIpc) is 2.81. The Kier molecular flexibility index (Phi) is 3.86. The van der Waals surface area contributed by atoms with Crippen LogP contribution in [0.15, 0.2) is 16.7 Å². The highest BCUT2D eigenvalue weighted by atomic mass is 35.5. The van der Waals surface area contributed by atoms with Crippen LogP contribution in [0, 0.1) is 17.5 Å². The molecule has 1 aromatic heterocycles. The van der Waals surface area contributed by atoms with Crippen LogP contribution in [0.2, 0.25) is 0 Å². The van der Waals surface area contributed by atoms with E-state index in [0.29, 0.717) is 24.6 Å². The maximum absolute atomic E-state index is 13.0. The van der Waals surface area contributed by atoms with Gasteiger partial charge in [-0.05, 0) is 18.6 Å². The topological polar surface area (TPSA) is 38.9 Å². The zero-order valence-electron chi connectivity index (χ0n) is 9.09. The number of aromatic nitrogens is 2. The number of aryl methyl sites for hydroxylation is 1. The largest absolute Gasteiger partial charge is 0.339 e. The summed E-state index contributed by atoms with van der Waals surface area (Å²) in [4.78, 5) is 3.94. The van der Waals surface area contributed by atoms with Gasteiger partial charge < -0.3 is 4.52 Å². The molecule has 0 spiro atoms. The van der Waals surface area contributed by atoms with Crippen LogP contribution in [0.5, 0.6) is 0 Å². The molecule has 0 aliphatic heterocycles. The van der Waals surface area contributed by atoms with Crippen molar-refractivity contribution in [1.82, 2.24) is 10.1 Å². The van der Waals surface area contributed by atoms with Crippen molar-refractivity contribution in [2.75, 3.05) is 5.88 Å². The van der Waals surface area contributed by atoms with Crippen LogP contribution in [0.25, 0.3) is 11.4 Å². The molecular formula is C11H8ClF3N2O. The van der Waals surface area contributed by atoms with Crippen molar-refractivity contribution in [3.63, 3.8) is 0 Å². The van der Waals surface area contributed by atoms with Gasteiger partial charge in [0, 0.05) is 17.9 Å². The fourth-order valence-electron chi connectivity index (χ4n) is 1.38. The Morgan fingerprint density at radius 3 is 2.44 bits per heavy atom. The highest BCUT2D eigenvalue weighted by molar-refractivity contribution is 6.17. The second-order valence-corrected chi connectivity index (χ2v) is 3.94. The van der Waals surface area contributed by atoms with Gasteiger partial charge in [0.2, 0.25) is 11.7 Å². The third kappa shape index (κ3) is 2.64. The van der Waals surface area contributed by atoms with Gasteiger partial charge in [-0.2, -0.15) is 4.98 Å². The van der Waals surface area contributed by atoms with Gasteiger partial charge in [-0.3, -0.25) is 0 Å². The average molecular weight is 277 g/mol. The minimum atomic E-state index is -1.52. The van der Waals surface area contributed by atoms with Crippen LogP contribution in [0.1, 0.15) is 12.3 Å². The molecule has 0 saturated carbocycles. The number of hydrogen-bond donors (Lipinski definition) is 0. The third-order valence-corrected chi connectivity index (χ3v) is 2.50. The molecule has 7 heteroatoms. The Morgan fingerprint density at radius 1 is 1.17 bits per heavy atom. The minimum absolute atomic E-state index is 0.0115. The molecule has 1 heterocycles. The van der Waals surface area contributed by atoms with E-state index in [4.69, 9.17) is 16.1 Å². The number of benzene rings is 1. The molecule has 0 amide bonds. The first kappa shape index (κ1) is 12.9. The number of alkyl halides is 1. The normalized spacial score (nSPS) is 10.9. The molecule has 0 radical (unpaired) electrons. The van der Waals surface area contributed by atoms with E-state index in [9.17, 15) is 13.2 Å². The quantitative estimate of drug-likeness (QED) is 0.635. The van der Waals surface area contributed by atoms with Crippen LogP contribution >= 0.6 is 11.6 Å². The monoisotopic (exact) mass is 276 g/mol. The predicted octanol–water partition coefficient (Wildman–Crippen LogP) is 3.33. The van der Waals surface area contributed by atoms with E-state index in [1.807, 2.05) is 0 Å². The predicted molar refractivity (Wildman–Crippen MR) is 58.6 cm³/mol. The molecule has 1 aromatic carbocycles. The SMILES string of the molecule is Fc1cc(-c2noc(CCCCl)n2)cc(F)c1F. The fourth-order valence-corrected chi connectivity index (χ4v) is 1.51. The first-order valence-corrected chi connectivity index (χ1v) is 5.68. The van der Waals surface area contributed by atoms with Gasteiger partial charge in [-0.1, -0.05) is 5.16 Å². The highest BCUT2D eigenvalue weighted by Gasteiger charge is 2.15. The first-order valence-electron chi connectivity index (χ1n) is 5.15. The first-order chi connectivity index (χ1) is 8.61. The summed E-state index contributed by atoms with van der Waals surface area (Å²) in [5, 5.41) is 3.57. The summed E-state index contributed by atoms with van der Waals surface area (Å²) in [5.74, 6) is -3.34. The molecule has 0 atom stereocenters. The molecule has 0 N–H and O–H groups in total. The summed E-state index contributed by atoms with van der Waals surface area (Å²) < 4.78 is 43.7. The van der Waals surface area contributed by atoms with Gasteiger partial charge in [0.15, 0.2) is 17.5 Å². The minimum Gasteiger partial charge on any atom is -0.339 e. The Balaban J connectivity index is 2.28. The molecule has 0 unspecified atom stereocenters. The molecule has 0 fully saturated rings. The second kappa shape index (κ2) is 5.39. The number of halogens is 4. The molecule has 96 valence electrons. The van der Waals surface area contributed by atoms with E-state index in [1.165, 1.54) is 0 Å². The molecule has 0 aliphatic rings. The fraction of sp³-hybridized carbons (Fsp3) is 0.273. The van der Waals surface area contributed by atoms with Gasteiger partial charge in [0.05, 0.1) is 0 Å². The van der Waals surface area contributed by atoms with Gasteiger partial charge in [-0.15, -0.1) is 11.6 Å². The smallest absolute Gasteiger partial charge is 0.227 e. The lowest BCUT2D eigenvalue weighted by Gasteiger charge is -1.98. The Bertz CT molecular complexity index is 536. The maximum atomic E-state index is 13.0. The van der Waals surface area contributed by atoms with Crippen LogP contribution in [0.3, 0.4) is 0 Å². The maximum Gasteiger partial charge on any atom is 0.227 e. The van der Waals surface area contributed by atoms with Crippen LogP contribution in [-0.2, 0) is 6.42 Å². The van der Waals surface area contributed by atoms with E-state index in [-0.39, 0.29) is 11.4 Å². The standard InChI is InChI=1S/C11H8ClF3N2O/c12-3-1-2-9-16-11(17-18-9)6-4-7(13)10(15)8(14)5-6/h4-5H,1-3H2. The lowest BCUT2D eigenvalue weighted by Crippen LogP contribution is -1.93. The zero-order valence-corrected chi connectivity index (χ0v) is 9.85. The van der Waals surface area contributed by atoms with E-state index >= 15 is 0 Å². The summed E-state index contributed by atoms with van der Waals surface area (Å²) >= 11 is 5.50. The van der Waals surface area contributed by atoms with Gasteiger partial charge in [0.1, 0.15) is 0 Å². The van der Waals surface area contributed by atoms with Crippen molar-refractivity contribution in [1.29, 1.82) is 0 Å². The van der Waals surface area contributed by atoms with Gasteiger partial charge in [0.25, 0.3) is 0 Å². The lowest BCUT2D eigenvalue weighted by atomic mass is 10.2. The van der Waals surface area contributed by atoms with Crippen LogP contribution < -0.4 is 0 Å². The van der Waals surface area contributed by atoms with E-state index in [0.717, 1.165) is 12.1 Å². The van der Waals surface area contributed by atoms with E-state index in [1.54, 1.807) is 0 Å². The van der Waals surface area contributed by atoms with Crippen molar-refractivity contribution in [2.45, 2.75) is 12.8 Å². The van der Waals surface area contributed by atoms with Crippen molar-refractivity contribution in [3.8, 4) is 11.4 Å². The van der Waals surface area contributed by atoms with Gasteiger partial charge in [-0.25, -0.2) is 13.2 Å². The van der Waals surface area contributed by atoms with Crippen molar-refractivity contribution in [2.24, 2.45) is 0 Å². The Morgan fingerprint density at radius 2 is 1.83 bits per heavy atom. The number of rotatable bonds is 4. The molecule has 3 nitrogen and oxygen atoms in total. The van der Waals surface area contributed by atoms with Crippen LogP contribution in [0.4, 0.5) is 13.2 Å². The summed E-state index contributed by atoms with van der Waals surface area (Å²) in [5.41, 5.74) is 0.0206. The summed E-state index contributed by atoms with van der Waals surface area (Å²) in [6.45, 7) is 0. The van der Waals surface area contributed by atoms with Gasteiger partial charge >= 0.3 is 0 Å². The highest BCUT2D eigenvalue weighted by Crippen LogP contribution is 2.21. The molecular weight excluding hydrogens is 269 g/mol. The Labute approximate surface area is 106 Å². The molecule has 2 rings (SSSR count). The Hall–Kier alpha value is -1.56.